The molecule has 1 aromatic heterocycles. The van der Waals surface area contributed by atoms with Crippen LogP contribution in [0, 0.1) is 0 Å². The van der Waals surface area contributed by atoms with Crippen molar-refractivity contribution >= 4 is 11.7 Å². The van der Waals surface area contributed by atoms with Gasteiger partial charge in [0.2, 0.25) is 5.91 Å². The fraction of sp³-hybridized carbons (Fsp3) is 0.643. The summed E-state index contributed by atoms with van der Waals surface area (Å²) >= 11 is 0. The standard InChI is InChI=1S/C14H23N3O2/c1-2-3-4-5-6-7-8-9-13(18)17-11-10-12(15)16-14(17)19/h10-11H,2-9H2,1H3,(H2,15,16,19). The van der Waals surface area contributed by atoms with Crippen molar-refractivity contribution in [3.63, 3.8) is 0 Å². The Labute approximate surface area is 113 Å². The Balaban J connectivity index is 2.26. The third kappa shape index (κ3) is 5.68. The van der Waals surface area contributed by atoms with E-state index in [4.69, 9.17) is 5.73 Å². The molecule has 0 aliphatic carbocycles. The minimum Gasteiger partial charge on any atom is -0.383 e. The van der Waals surface area contributed by atoms with Gasteiger partial charge in [-0.3, -0.25) is 4.79 Å². The van der Waals surface area contributed by atoms with Gasteiger partial charge < -0.3 is 5.73 Å². The number of nitrogens with two attached hydrogens (primary N) is 1. The molecule has 0 atom stereocenters. The van der Waals surface area contributed by atoms with Gasteiger partial charge in [0.25, 0.3) is 0 Å². The van der Waals surface area contributed by atoms with Crippen LogP contribution in [0.25, 0.3) is 0 Å². The lowest BCUT2D eigenvalue weighted by molar-refractivity contribution is 0.0893. The van der Waals surface area contributed by atoms with Crippen molar-refractivity contribution < 1.29 is 4.79 Å². The Morgan fingerprint density at radius 1 is 1.21 bits per heavy atom. The molecule has 0 amide bonds. The van der Waals surface area contributed by atoms with Crippen LogP contribution in [0.15, 0.2) is 17.1 Å². The first-order chi connectivity index (χ1) is 9.15. The van der Waals surface area contributed by atoms with Gasteiger partial charge in [0.15, 0.2) is 0 Å². The number of carbonyl (C=O) groups is 1. The number of nitrogens with zero attached hydrogens (tertiary/aromatic N) is 2. The van der Waals surface area contributed by atoms with Crippen LogP contribution in [0.3, 0.4) is 0 Å². The van der Waals surface area contributed by atoms with Gasteiger partial charge in [0.1, 0.15) is 5.82 Å². The van der Waals surface area contributed by atoms with Gasteiger partial charge in [-0.2, -0.15) is 4.98 Å². The third-order valence-electron chi connectivity index (χ3n) is 3.09. The topological polar surface area (TPSA) is 78.0 Å². The van der Waals surface area contributed by atoms with Crippen molar-refractivity contribution in [3.8, 4) is 0 Å². The molecule has 1 aromatic rings. The maximum Gasteiger partial charge on any atom is 0.356 e. The lowest BCUT2D eigenvalue weighted by atomic mass is 10.1. The Morgan fingerprint density at radius 2 is 1.84 bits per heavy atom. The van der Waals surface area contributed by atoms with E-state index in [0.717, 1.165) is 23.8 Å². The monoisotopic (exact) mass is 265 g/mol. The second-order valence-electron chi connectivity index (χ2n) is 4.77. The maximum atomic E-state index is 11.8. The molecule has 5 heteroatoms. The van der Waals surface area contributed by atoms with E-state index < -0.39 is 5.69 Å². The molecular formula is C14H23N3O2. The largest absolute Gasteiger partial charge is 0.383 e. The zero-order chi connectivity index (χ0) is 14.1. The van der Waals surface area contributed by atoms with Crippen molar-refractivity contribution in [2.75, 3.05) is 5.73 Å². The molecule has 0 saturated carbocycles. The van der Waals surface area contributed by atoms with Crippen LogP contribution in [0.5, 0.6) is 0 Å². The molecule has 5 nitrogen and oxygen atoms in total. The number of anilines is 1. The van der Waals surface area contributed by atoms with Crippen LogP contribution < -0.4 is 11.4 Å². The Kier molecular flexibility index (Phi) is 6.85. The number of rotatable bonds is 8. The molecule has 106 valence electrons. The molecule has 0 spiro atoms. The van der Waals surface area contributed by atoms with Crippen LogP contribution in [0.1, 0.15) is 63.1 Å². The van der Waals surface area contributed by atoms with E-state index in [0.29, 0.717) is 6.42 Å². The van der Waals surface area contributed by atoms with Crippen LogP contribution in [-0.4, -0.2) is 15.5 Å². The normalized spacial score (nSPS) is 10.6. The number of hydrogen-bond acceptors (Lipinski definition) is 4. The predicted molar refractivity (Wildman–Crippen MR) is 76.1 cm³/mol. The van der Waals surface area contributed by atoms with Crippen LogP contribution in [-0.2, 0) is 0 Å². The van der Waals surface area contributed by atoms with E-state index in [1.54, 1.807) is 0 Å². The van der Waals surface area contributed by atoms with Crippen molar-refractivity contribution in [2.24, 2.45) is 0 Å². The smallest absolute Gasteiger partial charge is 0.356 e. The van der Waals surface area contributed by atoms with Gasteiger partial charge in [-0.05, 0) is 12.5 Å². The number of carbonyl (C=O) groups excluding carboxylic acids is 1. The van der Waals surface area contributed by atoms with Crippen molar-refractivity contribution in [2.45, 2.75) is 58.3 Å². The van der Waals surface area contributed by atoms with Crippen LogP contribution >= 0.6 is 0 Å². The summed E-state index contributed by atoms with van der Waals surface area (Å²) in [6.45, 7) is 2.19. The first kappa shape index (κ1) is 15.4. The molecule has 0 radical (unpaired) electrons. The van der Waals surface area contributed by atoms with Gasteiger partial charge in [-0.15, -0.1) is 0 Å². The first-order valence-electron chi connectivity index (χ1n) is 7.03. The zero-order valence-corrected chi connectivity index (χ0v) is 11.6. The molecule has 0 aliphatic heterocycles. The predicted octanol–water partition coefficient (Wildman–Crippen LogP) is 2.61. The molecule has 1 rings (SSSR count). The third-order valence-corrected chi connectivity index (χ3v) is 3.09. The molecule has 0 saturated heterocycles. The van der Waals surface area contributed by atoms with Gasteiger partial charge in [-0.25, -0.2) is 9.36 Å². The van der Waals surface area contributed by atoms with Gasteiger partial charge in [0.05, 0.1) is 0 Å². The highest BCUT2D eigenvalue weighted by atomic mass is 16.2. The van der Waals surface area contributed by atoms with E-state index in [1.807, 2.05) is 0 Å². The van der Waals surface area contributed by atoms with Crippen LogP contribution in [0.4, 0.5) is 5.82 Å². The quantitative estimate of drug-likeness (QED) is 0.733. The first-order valence-corrected chi connectivity index (χ1v) is 7.03. The molecule has 0 fully saturated rings. The second kappa shape index (κ2) is 8.45. The second-order valence-corrected chi connectivity index (χ2v) is 4.77. The average molecular weight is 265 g/mol. The summed E-state index contributed by atoms with van der Waals surface area (Å²) in [7, 11) is 0. The van der Waals surface area contributed by atoms with Crippen molar-refractivity contribution in [1.29, 1.82) is 0 Å². The highest BCUT2D eigenvalue weighted by molar-refractivity contribution is 5.78. The summed E-state index contributed by atoms with van der Waals surface area (Å²) in [6, 6.07) is 1.46. The van der Waals surface area contributed by atoms with E-state index in [9.17, 15) is 9.59 Å². The molecule has 0 aliphatic rings. The highest BCUT2D eigenvalue weighted by Gasteiger charge is 2.07. The summed E-state index contributed by atoms with van der Waals surface area (Å²) in [4.78, 5) is 26.8. The number of aromatic nitrogens is 2. The Morgan fingerprint density at radius 3 is 2.47 bits per heavy atom. The fourth-order valence-corrected chi connectivity index (χ4v) is 1.96. The zero-order valence-electron chi connectivity index (χ0n) is 11.6. The molecule has 19 heavy (non-hydrogen) atoms. The number of hydrogen-bond donors (Lipinski definition) is 1. The molecular weight excluding hydrogens is 242 g/mol. The Hall–Kier alpha value is -1.65. The van der Waals surface area contributed by atoms with Crippen molar-refractivity contribution in [3.05, 3.63) is 22.7 Å². The molecule has 2 N–H and O–H groups in total. The van der Waals surface area contributed by atoms with E-state index >= 15 is 0 Å². The minimum absolute atomic E-state index is 0.143. The average Bonchev–Trinajstić information content (AvgIpc) is 2.37. The van der Waals surface area contributed by atoms with Gasteiger partial charge in [-0.1, -0.05) is 45.4 Å². The SMILES string of the molecule is CCCCCCCCCC(=O)n1ccc(N)nc1=O. The number of unbranched alkanes of at least 4 members (excludes halogenated alkanes) is 6. The molecule has 1 heterocycles. The summed E-state index contributed by atoms with van der Waals surface area (Å²) in [5, 5.41) is 0. The molecule has 0 aromatic carbocycles. The van der Waals surface area contributed by atoms with E-state index in [2.05, 4.69) is 11.9 Å². The van der Waals surface area contributed by atoms with Gasteiger partial charge in [0, 0.05) is 12.6 Å². The Bertz CT molecular complexity index is 454. The van der Waals surface area contributed by atoms with Crippen molar-refractivity contribution in [1.82, 2.24) is 9.55 Å². The molecule has 0 unspecified atom stereocenters. The van der Waals surface area contributed by atoms with E-state index in [1.165, 1.54) is 37.9 Å². The summed E-state index contributed by atoms with van der Waals surface area (Å²) in [5.74, 6) is -0.0592. The lowest BCUT2D eigenvalue weighted by Gasteiger charge is -2.04. The molecule has 0 bridgehead atoms. The minimum atomic E-state index is -0.590. The summed E-state index contributed by atoms with van der Waals surface area (Å²) in [5.41, 5.74) is 4.78. The lowest BCUT2D eigenvalue weighted by Crippen LogP contribution is -2.28. The van der Waals surface area contributed by atoms with E-state index in [-0.39, 0.29) is 11.7 Å². The fourth-order valence-electron chi connectivity index (χ4n) is 1.96. The summed E-state index contributed by atoms with van der Waals surface area (Å²) in [6.07, 6.45) is 9.82. The van der Waals surface area contributed by atoms with Crippen LogP contribution in [0.2, 0.25) is 0 Å². The highest BCUT2D eigenvalue weighted by Crippen LogP contribution is 2.08. The number of nitrogen functional groups attached to an aromatic ring is 1. The summed E-state index contributed by atoms with van der Waals surface area (Å²) < 4.78 is 1.04. The van der Waals surface area contributed by atoms with Gasteiger partial charge >= 0.3 is 5.69 Å². The maximum absolute atomic E-state index is 11.8.